The van der Waals surface area contributed by atoms with Gasteiger partial charge in [-0.25, -0.2) is 0 Å². The highest BCUT2D eigenvalue weighted by molar-refractivity contribution is 7.32. The summed E-state index contributed by atoms with van der Waals surface area (Å²) in [5.74, 6) is 0. The maximum absolute atomic E-state index is 10.3. The Morgan fingerprint density at radius 2 is 1.87 bits per heavy atom. The van der Waals surface area contributed by atoms with Crippen LogP contribution in [0.4, 0.5) is 0 Å². The summed E-state index contributed by atoms with van der Waals surface area (Å²) in [7, 11) is -2.48. The molecule has 2 N–H and O–H groups in total. The van der Waals surface area contributed by atoms with Crippen molar-refractivity contribution in [3.05, 3.63) is 0 Å². The van der Waals surface area contributed by atoms with Gasteiger partial charge in [0.25, 0.3) is 0 Å². The van der Waals surface area contributed by atoms with Crippen LogP contribution in [0.5, 0.6) is 0 Å². The molecule has 0 saturated carbocycles. The first-order chi connectivity index (χ1) is 7.16. The third kappa shape index (κ3) is 11.9. The Bertz CT molecular complexity index is 167. The Kier molecular flexibility index (Phi) is 10.5. The van der Waals surface area contributed by atoms with E-state index in [-0.39, 0.29) is 6.23 Å². The maximum Gasteiger partial charge on any atom is 0.696 e. The second-order valence-electron chi connectivity index (χ2n) is 3.71. The van der Waals surface area contributed by atoms with Gasteiger partial charge in [-0.3, -0.25) is 5.32 Å². The highest BCUT2D eigenvalue weighted by atomic mass is 31.1. The molecule has 15 heavy (non-hydrogen) atoms. The second-order valence-corrected chi connectivity index (χ2v) is 4.39. The van der Waals surface area contributed by atoms with Crippen LogP contribution in [0.2, 0.25) is 0 Å². The summed E-state index contributed by atoms with van der Waals surface area (Å²) in [6.07, 6.45) is 7.15. The van der Waals surface area contributed by atoms with Crippen molar-refractivity contribution in [3.8, 4) is 0 Å². The van der Waals surface area contributed by atoms with Crippen molar-refractivity contribution < 1.29 is 14.0 Å². The Labute approximate surface area is 93.4 Å². The summed E-state index contributed by atoms with van der Waals surface area (Å²) >= 11 is 0. The summed E-state index contributed by atoms with van der Waals surface area (Å²) in [5.41, 5.74) is 0. The lowest BCUT2D eigenvalue weighted by Gasteiger charge is -2.06. The summed E-state index contributed by atoms with van der Waals surface area (Å²) in [6.45, 7) is 4.79. The van der Waals surface area contributed by atoms with Gasteiger partial charge in [-0.1, -0.05) is 39.0 Å². The van der Waals surface area contributed by atoms with Crippen molar-refractivity contribution >= 4 is 8.25 Å². The molecular formula is C10H23NO3P+. The van der Waals surface area contributed by atoms with Gasteiger partial charge < -0.3 is 0 Å². The highest BCUT2D eigenvalue weighted by Crippen LogP contribution is 2.16. The van der Waals surface area contributed by atoms with E-state index in [0.29, 0.717) is 0 Å². The lowest BCUT2D eigenvalue weighted by atomic mass is 10.1. The molecule has 0 radical (unpaired) electrons. The molecule has 5 heteroatoms. The van der Waals surface area contributed by atoms with E-state index in [1.165, 1.54) is 32.1 Å². The van der Waals surface area contributed by atoms with Crippen LogP contribution in [-0.4, -0.2) is 17.7 Å². The topological polar surface area (TPSA) is 58.6 Å². The molecule has 0 spiro atoms. The summed E-state index contributed by atoms with van der Waals surface area (Å²) in [6, 6.07) is 0. The van der Waals surface area contributed by atoms with Crippen LogP contribution in [0.25, 0.3) is 0 Å². The van der Waals surface area contributed by atoms with Crippen molar-refractivity contribution in [3.63, 3.8) is 0 Å². The van der Waals surface area contributed by atoms with Crippen LogP contribution in [0.1, 0.15) is 52.4 Å². The first kappa shape index (κ1) is 15.0. The van der Waals surface area contributed by atoms with E-state index in [0.717, 1.165) is 13.0 Å². The van der Waals surface area contributed by atoms with Crippen molar-refractivity contribution in [1.82, 2.24) is 5.32 Å². The van der Waals surface area contributed by atoms with E-state index < -0.39 is 8.25 Å². The molecule has 0 amide bonds. The smallest absolute Gasteiger partial charge is 0.288 e. The molecule has 0 aromatic heterocycles. The van der Waals surface area contributed by atoms with Gasteiger partial charge in [0.15, 0.2) is 6.23 Å². The second kappa shape index (κ2) is 10.5. The van der Waals surface area contributed by atoms with Crippen LogP contribution < -0.4 is 5.32 Å². The molecule has 0 saturated heterocycles. The monoisotopic (exact) mass is 236 g/mol. The molecule has 0 fully saturated rings. The highest BCUT2D eigenvalue weighted by Gasteiger charge is 2.17. The van der Waals surface area contributed by atoms with Crippen molar-refractivity contribution in [1.29, 1.82) is 0 Å². The molecular weight excluding hydrogens is 213 g/mol. The fourth-order valence-corrected chi connectivity index (χ4v) is 1.73. The fraction of sp³-hybridized carbons (Fsp3) is 1.00. The Balaban J connectivity index is 3.13. The largest absolute Gasteiger partial charge is 0.696 e. The molecule has 2 unspecified atom stereocenters. The number of nitrogens with one attached hydrogen (secondary N) is 1. The van der Waals surface area contributed by atoms with E-state index in [9.17, 15) is 4.57 Å². The number of hydrogen-bond donors (Lipinski definition) is 2. The number of hydrogen-bond acceptors (Lipinski definition) is 3. The van der Waals surface area contributed by atoms with Gasteiger partial charge in [-0.15, -0.1) is 9.42 Å². The third-order valence-corrected chi connectivity index (χ3v) is 2.71. The minimum atomic E-state index is -2.48. The van der Waals surface area contributed by atoms with E-state index in [2.05, 4.69) is 16.8 Å². The van der Waals surface area contributed by atoms with Crippen molar-refractivity contribution in [2.75, 3.05) is 6.54 Å². The molecule has 0 aliphatic carbocycles. The molecule has 2 atom stereocenters. The zero-order valence-corrected chi connectivity index (χ0v) is 10.6. The predicted octanol–water partition coefficient (Wildman–Crippen LogP) is 2.95. The van der Waals surface area contributed by atoms with E-state index in [1.54, 1.807) is 6.92 Å². The first-order valence-electron chi connectivity index (χ1n) is 5.73. The van der Waals surface area contributed by atoms with Gasteiger partial charge in [0, 0.05) is 4.57 Å². The van der Waals surface area contributed by atoms with Gasteiger partial charge in [-0.05, 0) is 19.9 Å². The summed E-state index contributed by atoms with van der Waals surface area (Å²) in [5, 5.41) is 3.04. The lowest BCUT2D eigenvalue weighted by Crippen LogP contribution is -2.27. The fourth-order valence-electron chi connectivity index (χ4n) is 1.38. The number of rotatable bonds is 10. The molecule has 0 aromatic carbocycles. The van der Waals surface area contributed by atoms with E-state index in [1.807, 2.05) is 0 Å². The average molecular weight is 236 g/mol. The van der Waals surface area contributed by atoms with Crippen LogP contribution >= 0.6 is 8.25 Å². The number of unbranched alkanes of at least 4 members (excludes halogenated alkanes) is 5. The summed E-state index contributed by atoms with van der Waals surface area (Å²) < 4.78 is 15.0. The van der Waals surface area contributed by atoms with Crippen LogP contribution in [-0.2, 0) is 9.09 Å². The quantitative estimate of drug-likeness (QED) is 0.348. The van der Waals surface area contributed by atoms with Crippen molar-refractivity contribution in [2.24, 2.45) is 0 Å². The maximum atomic E-state index is 10.3. The van der Waals surface area contributed by atoms with Crippen molar-refractivity contribution in [2.45, 2.75) is 58.6 Å². The molecule has 0 heterocycles. The Morgan fingerprint density at radius 3 is 2.47 bits per heavy atom. The van der Waals surface area contributed by atoms with Crippen LogP contribution in [0.3, 0.4) is 0 Å². The molecule has 0 aromatic rings. The summed E-state index contributed by atoms with van der Waals surface area (Å²) in [4.78, 5) is 8.47. The van der Waals surface area contributed by atoms with Crippen LogP contribution in [0.15, 0.2) is 0 Å². The average Bonchev–Trinajstić information content (AvgIpc) is 2.15. The van der Waals surface area contributed by atoms with Crippen LogP contribution in [0, 0.1) is 0 Å². The van der Waals surface area contributed by atoms with E-state index in [4.69, 9.17) is 4.89 Å². The molecule has 0 aliphatic rings. The third-order valence-electron chi connectivity index (χ3n) is 2.21. The zero-order valence-electron chi connectivity index (χ0n) is 9.74. The molecule has 0 aliphatic heterocycles. The van der Waals surface area contributed by atoms with Gasteiger partial charge in [-0.2, -0.15) is 0 Å². The molecule has 0 rings (SSSR count). The minimum Gasteiger partial charge on any atom is -0.288 e. The SMILES string of the molecule is CCCCCCCCNC(C)O[P+](=O)O. The first-order valence-corrected chi connectivity index (χ1v) is 6.86. The predicted molar refractivity (Wildman–Crippen MR) is 61.8 cm³/mol. The van der Waals surface area contributed by atoms with E-state index >= 15 is 0 Å². The van der Waals surface area contributed by atoms with Gasteiger partial charge in [0.05, 0.1) is 0 Å². The standard InChI is InChI=1S/C10H22NO3P/c1-3-4-5-6-7-8-9-11-10(2)14-15(12)13/h10-11H,3-9H2,1-2H3/p+1. The van der Waals surface area contributed by atoms with Gasteiger partial charge >= 0.3 is 8.25 Å². The Hall–Kier alpha value is -0.0200. The molecule has 4 nitrogen and oxygen atoms in total. The van der Waals surface area contributed by atoms with Gasteiger partial charge in [0.1, 0.15) is 0 Å². The normalized spacial score (nSPS) is 13.9. The van der Waals surface area contributed by atoms with Gasteiger partial charge in [0.2, 0.25) is 0 Å². The molecule has 0 bridgehead atoms. The molecule has 90 valence electrons. The zero-order chi connectivity index (χ0) is 11.5. The lowest BCUT2D eigenvalue weighted by molar-refractivity contribution is 0.171. The Morgan fingerprint density at radius 1 is 1.27 bits per heavy atom. The minimum absolute atomic E-state index is 0.339.